The second kappa shape index (κ2) is 8.09. The maximum absolute atomic E-state index is 13.3. The van der Waals surface area contributed by atoms with E-state index < -0.39 is 21.7 Å². The van der Waals surface area contributed by atoms with Gasteiger partial charge in [0.2, 0.25) is 5.91 Å². The number of nitrogens with zero attached hydrogens (tertiary/aromatic N) is 2. The topological polar surface area (TPSA) is 91.4 Å². The number of rotatable bonds is 5. The summed E-state index contributed by atoms with van der Waals surface area (Å²) >= 11 is 0. The van der Waals surface area contributed by atoms with E-state index in [0.717, 1.165) is 18.2 Å². The number of piperidine rings is 1. The van der Waals surface area contributed by atoms with E-state index in [-0.39, 0.29) is 22.4 Å². The SMILES string of the molecule is CNC(=O)C1CCN(c2ccc(S(=O)(=O)Nc3ccc(F)c(F)c3)cn2)CC1. The van der Waals surface area contributed by atoms with Gasteiger partial charge in [-0.3, -0.25) is 9.52 Å². The maximum atomic E-state index is 13.3. The van der Waals surface area contributed by atoms with E-state index in [9.17, 15) is 22.0 Å². The number of halogens is 2. The molecule has 0 spiro atoms. The number of aromatic nitrogens is 1. The molecule has 1 aromatic heterocycles. The summed E-state index contributed by atoms with van der Waals surface area (Å²) in [7, 11) is -2.37. The van der Waals surface area contributed by atoms with Crippen LogP contribution in [0.2, 0.25) is 0 Å². The predicted molar refractivity (Wildman–Crippen MR) is 100 cm³/mol. The quantitative estimate of drug-likeness (QED) is 0.788. The van der Waals surface area contributed by atoms with Crippen LogP contribution in [0.4, 0.5) is 20.3 Å². The Labute approximate surface area is 161 Å². The van der Waals surface area contributed by atoms with Crippen LogP contribution in [0.15, 0.2) is 41.4 Å². The van der Waals surface area contributed by atoms with Gasteiger partial charge < -0.3 is 10.2 Å². The predicted octanol–water partition coefficient (Wildman–Crippen LogP) is 2.12. The van der Waals surface area contributed by atoms with Crippen molar-refractivity contribution in [3.05, 3.63) is 48.2 Å². The first-order valence-corrected chi connectivity index (χ1v) is 10.2. The van der Waals surface area contributed by atoms with E-state index in [4.69, 9.17) is 0 Å². The smallest absolute Gasteiger partial charge is 0.263 e. The van der Waals surface area contributed by atoms with Gasteiger partial charge in [-0.15, -0.1) is 0 Å². The lowest BCUT2D eigenvalue weighted by atomic mass is 9.96. The molecule has 7 nitrogen and oxygen atoms in total. The van der Waals surface area contributed by atoms with Crippen LogP contribution in [0.5, 0.6) is 0 Å². The molecule has 150 valence electrons. The fourth-order valence-electron chi connectivity index (χ4n) is 3.07. The van der Waals surface area contributed by atoms with Crippen LogP contribution in [0.1, 0.15) is 12.8 Å². The Kier molecular flexibility index (Phi) is 5.78. The summed E-state index contributed by atoms with van der Waals surface area (Å²) in [5, 5.41) is 2.65. The number of benzene rings is 1. The molecule has 0 bridgehead atoms. The molecular formula is C18H20F2N4O3S. The average Bonchev–Trinajstić information content (AvgIpc) is 2.70. The zero-order chi connectivity index (χ0) is 20.3. The molecule has 0 atom stereocenters. The molecule has 1 aliphatic heterocycles. The average molecular weight is 410 g/mol. The van der Waals surface area contributed by atoms with Crippen LogP contribution in [-0.2, 0) is 14.8 Å². The highest BCUT2D eigenvalue weighted by Crippen LogP contribution is 2.24. The standard InChI is InChI=1S/C18H20F2N4O3S/c1-21-18(25)12-6-8-24(9-7-12)17-5-3-14(11-22-17)28(26,27)23-13-2-4-15(19)16(20)10-13/h2-5,10-12,23H,6-9H2,1H3,(H,21,25). The Morgan fingerprint density at radius 2 is 1.86 bits per heavy atom. The number of hydrogen-bond acceptors (Lipinski definition) is 5. The molecule has 1 aliphatic rings. The van der Waals surface area contributed by atoms with Crippen molar-refractivity contribution in [3.8, 4) is 0 Å². The Morgan fingerprint density at radius 3 is 2.43 bits per heavy atom. The van der Waals surface area contributed by atoms with Gasteiger partial charge >= 0.3 is 0 Å². The van der Waals surface area contributed by atoms with E-state index in [1.165, 1.54) is 12.3 Å². The molecule has 0 unspecified atom stereocenters. The number of anilines is 2. The van der Waals surface area contributed by atoms with Crippen LogP contribution in [-0.4, -0.2) is 39.4 Å². The Bertz CT molecular complexity index is 959. The number of hydrogen-bond donors (Lipinski definition) is 2. The summed E-state index contributed by atoms with van der Waals surface area (Å²) in [6, 6.07) is 5.73. The molecule has 0 aliphatic carbocycles. The van der Waals surface area contributed by atoms with Crippen molar-refractivity contribution in [2.75, 3.05) is 29.8 Å². The summed E-state index contributed by atoms with van der Waals surface area (Å²) in [4.78, 5) is 17.8. The fourth-order valence-corrected chi connectivity index (χ4v) is 4.06. The first-order valence-electron chi connectivity index (χ1n) is 8.70. The summed E-state index contributed by atoms with van der Waals surface area (Å²) in [6.07, 6.45) is 2.60. The van der Waals surface area contributed by atoms with Crippen molar-refractivity contribution in [2.45, 2.75) is 17.7 Å². The van der Waals surface area contributed by atoms with Gasteiger partial charge in [0.05, 0.1) is 5.69 Å². The third-order valence-electron chi connectivity index (χ3n) is 4.64. The van der Waals surface area contributed by atoms with Gasteiger partial charge in [0.15, 0.2) is 11.6 Å². The number of pyridine rings is 1. The lowest BCUT2D eigenvalue weighted by Gasteiger charge is -2.31. The highest BCUT2D eigenvalue weighted by molar-refractivity contribution is 7.92. The van der Waals surface area contributed by atoms with Crippen LogP contribution < -0.4 is 14.9 Å². The number of nitrogens with one attached hydrogen (secondary N) is 2. The molecule has 2 aromatic rings. The third-order valence-corrected chi connectivity index (χ3v) is 6.01. The number of sulfonamides is 1. The first kappa shape index (κ1) is 20.0. The van der Waals surface area contributed by atoms with Gasteiger partial charge in [0, 0.05) is 38.3 Å². The normalized spacial score (nSPS) is 15.3. The van der Waals surface area contributed by atoms with Crippen molar-refractivity contribution in [1.82, 2.24) is 10.3 Å². The fraction of sp³-hybridized carbons (Fsp3) is 0.333. The molecule has 2 heterocycles. The van der Waals surface area contributed by atoms with Gasteiger partial charge in [0.1, 0.15) is 10.7 Å². The first-order chi connectivity index (χ1) is 13.3. The van der Waals surface area contributed by atoms with E-state index in [1.54, 1.807) is 13.1 Å². The minimum absolute atomic E-state index is 0.0253. The van der Waals surface area contributed by atoms with Crippen molar-refractivity contribution in [1.29, 1.82) is 0 Å². The number of carbonyl (C=O) groups excluding carboxylic acids is 1. The summed E-state index contributed by atoms with van der Waals surface area (Å²) < 4.78 is 53.3. The zero-order valence-electron chi connectivity index (χ0n) is 15.2. The molecule has 0 saturated carbocycles. The molecule has 1 saturated heterocycles. The molecule has 1 aromatic carbocycles. The molecule has 1 fully saturated rings. The minimum Gasteiger partial charge on any atom is -0.359 e. The summed E-state index contributed by atoms with van der Waals surface area (Å²) in [6.45, 7) is 1.29. The molecular weight excluding hydrogens is 390 g/mol. The Balaban J connectivity index is 1.68. The Hall–Kier alpha value is -2.75. The molecule has 28 heavy (non-hydrogen) atoms. The summed E-state index contributed by atoms with van der Waals surface area (Å²) in [5.74, 6) is -1.59. The van der Waals surface area contributed by atoms with Crippen LogP contribution in [0, 0.1) is 17.6 Å². The molecule has 1 amide bonds. The monoisotopic (exact) mass is 410 g/mol. The molecule has 3 rings (SSSR count). The van der Waals surface area contributed by atoms with Crippen molar-refractivity contribution in [3.63, 3.8) is 0 Å². The zero-order valence-corrected chi connectivity index (χ0v) is 16.0. The molecule has 10 heteroatoms. The number of amides is 1. The highest BCUT2D eigenvalue weighted by Gasteiger charge is 2.25. The van der Waals surface area contributed by atoms with Crippen molar-refractivity contribution >= 4 is 27.4 Å². The minimum atomic E-state index is -3.99. The van der Waals surface area contributed by atoms with E-state index in [1.807, 2.05) is 4.90 Å². The maximum Gasteiger partial charge on any atom is 0.263 e. The number of carbonyl (C=O) groups is 1. The van der Waals surface area contributed by atoms with E-state index in [2.05, 4.69) is 15.0 Å². The summed E-state index contributed by atoms with van der Waals surface area (Å²) in [5.41, 5.74) is -0.0840. The van der Waals surface area contributed by atoms with E-state index in [0.29, 0.717) is 31.7 Å². The van der Waals surface area contributed by atoms with Gasteiger partial charge in [-0.25, -0.2) is 22.2 Å². The van der Waals surface area contributed by atoms with Crippen molar-refractivity contribution in [2.24, 2.45) is 5.92 Å². The van der Waals surface area contributed by atoms with Crippen LogP contribution in [0.25, 0.3) is 0 Å². The van der Waals surface area contributed by atoms with Gasteiger partial charge in [0.25, 0.3) is 10.0 Å². The molecule has 0 radical (unpaired) electrons. The van der Waals surface area contributed by atoms with Crippen LogP contribution in [0.3, 0.4) is 0 Å². The second-order valence-corrected chi connectivity index (χ2v) is 8.14. The Morgan fingerprint density at radius 1 is 1.14 bits per heavy atom. The second-order valence-electron chi connectivity index (χ2n) is 6.46. The lowest BCUT2D eigenvalue weighted by molar-refractivity contribution is -0.125. The van der Waals surface area contributed by atoms with Crippen molar-refractivity contribution < 1.29 is 22.0 Å². The van der Waals surface area contributed by atoms with Crippen LogP contribution >= 0.6 is 0 Å². The van der Waals surface area contributed by atoms with Gasteiger partial charge in [-0.2, -0.15) is 0 Å². The van der Waals surface area contributed by atoms with E-state index >= 15 is 0 Å². The molecule has 2 N–H and O–H groups in total. The van der Waals surface area contributed by atoms with Gasteiger partial charge in [-0.05, 0) is 37.1 Å². The highest BCUT2D eigenvalue weighted by atomic mass is 32.2. The largest absolute Gasteiger partial charge is 0.359 e. The third kappa shape index (κ3) is 4.38. The lowest BCUT2D eigenvalue weighted by Crippen LogP contribution is -2.39. The van der Waals surface area contributed by atoms with Gasteiger partial charge in [-0.1, -0.05) is 0 Å².